The molecule has 2 atom stereocenters. The lowest BCUT2D eigenvalue weighted by molar-refractivity contribution is 0.297. The van der Waals surface area contributed by atoms with Gasteiger partial charge in [-0.15, -0.1) is 0 Å². The van der Waals surface area contributed by atoms with Gasteiger partial charge < -0.3 is 10.1 Å². The van der Waals surface area contributed by atoms with Crippen LogP contribution in [0, 0.1) is 5.92 Å². The fourth-order valence-corrected chi connectivity index (χ4v) is 4.51. The molecule has 126 valence electrons. The van der Waals surface area contributed by atoms with Crippen molar-refractivity contribution in [2.75, 3.05) is 26.0 Å². The van der Waals surface area contributed by atoms with Crippen molar-refractivity contribution in [1.29, 1.82) is 0 Å². The number of hydrogen-bond donors (Lipinski definition) is 1. The molecule has 2 aromatic carbocycles. The average molecular weight is 343 g/mol. The zero-order valence-electron chi connectivity index (χ0n) is 13.7. The van der Waals surface area contributed by atoms with Gasteiger partial charge in [0.25, 0.3) is 0 Å². The molecular formula is C19H21NO3S. The number of fused-ring (bicyclic) bond motifs is 3. The van der Waals surface area contributed by atoms with Crippen LogP contribution in [0.3, 0.4) is 0 Å². The van der Waals surface area contributed by atoms with Crippen molar-refractivity contribution in [3.8, 4) is 16.9 Å². The summed E-state index contributed by atoms with van der Waals surface area (Å²) in [6.07, 6.45) is 2.29. The Morgan fingerprint density at radius 1 is 1.12 bits per heavy atom. The van der Waals surface area contributed by atoms with E-state index in [2.05, 4.69) is 11.4 Å². The first-order valence-corrected chi connectivity index (χ1v) is 10.2. The predicted octanol–water partition coefficient (Wildman–Crippen LogP) is 2.84. The molecule has 2 aliphatic heterocycles. The van der Waals surface area contributed by atoms with Gasteiger partial charge in [-0.05, 0) is 42.1 Å². The lowest BCUT2D eigenvalue weighted by Gasteiger charge is -2.18. The fourth-order valence-electron chi connectivity index (χ4n) is 3.84. The third-order valence-electron chi connectivity index (χ3n) is 5.09. The third-order valence-corrected chi connectivity index (χ3v) is 6.20. The van der Waals surface area contributed by atoms with Gasteiger partial charge in [0.15, 0.2) is 9.84 Å². The SMILES string of the molecule is CS(=O)(=O)c1cccc(-c2cccc3c2OCCC2CNC[C@H]32)c1. The van der Waals surface area contributed by atoms with Gasteiger partial charge in [-0.3, -0.25) is 0 Å². The van der Waals surface area contributed by atoms with Crippen LogP contribution in [0.1, 0.15) is 17.9 Å². The summed E-state index contributed by atoms with van der Waals surface area (Å²) in [4.78, 5) is 0.339. The molecule has 2 heterocycles. The second-order valence-corrected chi connectivity index (χ2v) is 8.70. The van der Waals surface area contributed by atoms with Crippen LogP contribution in [0.15, 0.2) is 47.4 Å². The Balaban J connectivity index is 1.85. The lowest BCUT2D eigenvalue weighted by atomic mass is 9.86. The van der Waals surface area contributed by atoms with Gasteiger partial charge in [0.2, 0.25) is 0 Å². The van der Waals surface area contributed by atoms with E-state index in [1.54, 1.807) is 18.2 Å². The van der Waals surface area contributed by atoms with Crippen LogP contribution in [0.2, 0.25) is 0 Å². The van der Waals surface area contributed by atoms with Gasteiger partial charge in [-0.1, -0.05) is 30.3 Å². The van der Waals surface area contributed by atoms with Crippen LogP contribution in [-0.2, 0) is 9.84 Å². The molecule has 0 aromatic heterocycles. The van der Waals surface area contributed by atoms with E-state index in [-0.39, 0.29) is 0 Å². The summed E-state index contributed by atoms with van der Waals surface area (Å²) in [6, 6.07) is 13.3. The number of para-hydroxylation sites is 1. The molecule has 4 nitrogen and oxygen atoms in total. The van der Waals surface area contributed by atoms with Gasteiger partial charge in [0.05, 0.1) is 11.5 Å². The number of hydrogen-bond acceptors (Lipinski definition) is 4. The first-order chi connectivity index (χ1) is 11.5. The van der Waals surface area contributed by atoms with Gasteiger partial charge in [0.1, 0.15) is 5.75 Å². The number of rotatable bonds is 2. The second kappa shape index (κ2) is 5.90. The molecule has 0 amide bonds. The van der Waals surface area contributed by atoms with E-state index in [4.69, 9.17) is 4.74 Å². The van der Waals surface area contributed by atoms with Crippen molar-refractivity contribution in [1.82, 2.24) is 5.32 Å². The minimum atomic E-state index is -3.23. The summed E-state index contributed by atoms with van der Waals surface area (Å²) in [6.45, 7) is 2.73. The maximum absolute atomic E-state index is 11.9. The normalized spacial score (nSPS) is 23.0. The topological polar surface area (TPSA) is 55.4 Å². The molecule has 1 unspecified atom stereocenters. The van der Waals surface area contributed by atoms with Crippen LogP contribution in [0.25, 0.3) is 11.1 Å². The second-order valence-electron chi connectivity index (χ2n) is 6.69. The van der Waals surface area contributed by atoms with E-state index in [9.17, 15) is 8.42 Å². The first kappa shape index (κ1) is 15.7. The monoisotopic (exact) mass is 343 g/mol. The molecule has 2 aliphatic rings. The highest BCUT2D eigenvalue weighted by Gasteiger charge is 2.33. The van der Waals surface area contributed by atoms with Crippen LogP contribution < -0.4 is 10.1 Å². The van der Waals surface area contributed by atoms with E-state index in [1.807, 2.05) is 18.2 Å². The van der Waals surface area contributed by atoms with Crippen LogP contribution in [0.4, 0.5) is 0 Å². The fraction of sp³-hybridized carbons (Fsp3) is 0.368. The van der Waals surface area contributed by atoms with E-state index < -0.39 is 9.84 Å². The molecule has 0 bridgehead atoms. The molecule has 1 saturated heterocycles. The summed E-state index contributed by atoms with van der Waals surface area (Å²) < 4.78 is 29.9. The van der Waals surface area contributed by atoms with E-state index >= 15 is 0 Å². The molecule has 1 N–H and O–H groups in total. The Kier molecular flexibility index (Phi) is 3.85. The summed E-state index contributed by atoms with van der Waals surface area (Å²) >= 11 is 0. The van der Waals surface area contributed by atoms with E-state index in [0.717, 1.165) is 36.4 Å². The highest BCUT2D eigenvalue weighted by atomic mass is 32.2. The molecule has 1 fully saturated rings. The van der Waals surface area contributed by atoms with Crippen molar-refractivity contribution in [2.24, 2.45) is 5.92 Å². The van der Waals surface area contributed by atoms with Crippen molar-refractivity contribution in [2.45, 2.75) is 17.2 Å². The van der Waals surface area contributed by atoms with Crippen molar-refractivity contribution in [3.05, 3.63) is 48.0 Å². The number of sulfone groups is 1. The number of benzene rings is 2. The molecule has 2 aromatic rings. The van der Waals surface area contributed by atoms with Crippen molar-refractivity contribution in [3.63, 3.8) is 0 Å². The van der Waals surface area contributed by atoms with Gasteiger partial charge in [-0.25, -0.2) is 8.42 Å². The first-order valence-electron chi connectivity index (χ1n) is 8.31. The molecule has 0 saturated carbocycles. The Hall–Kier alpha value is -1.85. The number of nitrogens with one attached hydrogen (secondary N) is 1. The largest absolute Gasteiger partial charge is 0.493 e. The molecule has 0 radical (unpaired) electrons. The summed E-state index contributed by atoms with van der Waals surface area (Å²) in [5, 5.41) is 3.49. The smallest absolute Gasteiger partial charge is 0.175 e. The maximum atomic E-state index is 11.9. The van der Waals surface area contributed by atoms with Crippen molar-refractivity contribution < 1.29 is 13.2 Å². The molecule has 24 heavy (non-hydrogen) atoms. The van der Waals surface area contributed by atoms with Gasteiger partial charge in [-0.2, -0.15) is 0 Å². The van der Waals surface area contributed by atoms with E-state index in [0.29, 0.717) is 23.3 Å². The van der Waals surface area contributed by atoms with Gasteiger partial charge in [0, 0.05) is 24.3 Å². The maximum Gasteiger partial charge on any atom is 0.175 e. The highest BCUT2D eigenvalue weighted by molar-refractivity contribution is 7.90. The third kappa shape index (κ3) is 2.72. The number of ether oxygens (including phenoxy) is 1. The Morgan fingerprint density at radius 3 is 2.79 bits per heavy atom. The van der Waals surface area contributed by atoms with Crippen LogP contribution in [-0.4, -0.2) is 34.4 Å². The minimum Gasteiger partial charge on any atom is -0.493 e. The van der Waals surface area contributed by atoms with Gasteiger partial charge >= 0.3 is 0 Å². The summed E-state index contributed by atoms with van der Waals surface area (Å²) in [7, 11) is -3.23. The zero-order chi connectivity index (χ0) is 16.7. The summed E-state index contributed by atoms with van der Waals surface area (Å²) in [5.41, 5.74) is 3.11. The Labute approximate surface area is 142 Å². The Morgan fingerprint density at radius 2 is 1.96 bits per heavy atom. The minimum absolute atomic E-state index is 0.339. The molecular weight excluding hydrogens is 322 g/mol. The molecule has 0 spiro atoms. The predicted molar refractivity (Wildman–Crippen MR) is 94.2 cm³/mol. The zero-order valence-corrected chi connectivity index (χ0v) is 14.5. The van der Waals surface area contributed by atoms with Crippen LogP contribution in [0.5, 0.6) is 5.75 Å². The molecule has 4 rings (SSSR count). The van der Waals surface area contributed by atoms with E-state index in [1.165, 1.54) is 11.8 Å². The Bertz CT molecular complexity index is 876. The van der Waals surface area contributed by atoms with Crippen LogP contribution >= 0.6 is 0 Å². The highest BCUT2D eigenvalue weighted by Crippen LogP contribution is 2.43. The molecule has 5 heteroatoms. The molecule has 0 aliphatic carbocycles. The quantitative estimate of drug-likeness (QED) is 0.911. The lowest BCUT2D eigenvalue weighted by Crippen LogP contribution is -2.11. The van der Waals surface area contributed by atoms with Crippen molar-refractivity contribution >= 4 is 9.84 Å². The summed E-state index contributed by atoms with van der Waals surface area (Å²) in [5.74, 6) is 2.00. The average Bonchev–Trinajstić information content (AvgIpc) is 2.95. The standard InChI is InChI=1S/C19H21NO3S/c1-24(21,22)15-5-2-4-13(10-15)16-6-3-7-17-18-12-20-11-14(18)8-9-23-19(16)17/h2-7,10,14,18,20H,8-9,11-12H2,1H3/t14?,18-/m0/s1.